The highest BCUT2D eigenvalue weighted by Crippen LogP contribution is 2.20. The molecule has 0 bridgehead atoms. The van der Waals surface area contributed by atoms with E-state index in [1.807, 2.05) is 19.4 Å². The van der Waals surface area contributed by atoms with Crippen LogP contribution >= 0.6 is 11.3 Å². The minimum atomic E-state index is -3.50. The van der Waals surface area contributed by atoms with Crippen molar-refractivity contribution in [3.05, 3.63) is 29.2 Å². The van der Waals surface area contributed by atoms with Crippen LogP contribution in [0.2, 0.25) is 0 Å². The SMILES string of the molecule is CCn1cnnc1CNS(=O)(=O)c1cc(CNC)cs1. The van der Waals surface area contributed by atoms with E-state index < -0.39 is 10.0 Å². The lowest BCUT2D eigenvalue weighted by molar-refractivity contribution is 0.577. The molecule has 2 N–H and O–H groups in total. The lowest BCUT2D eigenvalue weighted by Crippen LogP contribution is -2.24. The highest BCUT2D eigenvalue weighted by molar-refractivity contribution is 7.91. The summed E-state index contributed by atoms with van der Waals surface area (Å²) >= 11 is 1.21. The molecule has 7 nitrogen and oxygen atoms in total. The van der Waals surface area contributed by atoms with E-state index in [9.17, 15) is 8.42 Å². The summed E-state index contributed by atoms with van der Waals surface area (Å²) in [4.78, 5) is 0. The Morgan fingerprint density at radius 3 is 2.90 bits per heavy atom. The van der Waals surface area contributed by atoms with Crippen LogP contribution < -0.4 is 10.0 Å². The first-order valence-corrected chi connectivity index (χ1v) is 8.51. The van der Waals surface area contributed by atoms with Gasteiger partial charge >= 0.3 is 0 Å². The van der Waals surface area contributed by atoms with E-state index in [1.165, 1.54) is 11.3 Å². The van der Waals surface area contributed by atoms with Gasteiger partial charge < -0.3 is 9.88 Å². The second-order valence-electron chi connectivity index (χ2n) is 4.16. The molecule has 0 spiro atoms. The molecular weight excluding hydrogens is 298 g/mol. The third-order valence-electron chi connectivity index (χ3n) is 2.73. The summed E-state index contributed by atoms with van der Waals surface area (Å²) in [6, 6.07) is 1.67. The van der Waals surface area contributed by atoms with Crippen molar-refractivity contribution in [1.82, 2.24) is 24.8 Å². The number of thiophene rings is 1. The lowest BCUT2D eigenvalue weighted by atomic mass is 10.3. The van der Waals surface area contributed by atoms with E-state index in [2.05, 4.69) is 20.2 Å². The highest BCUT2D eigenvalue weighted by atomic mass is 32.2. The quantitative estimate of drug-likeness (QED) is 0.779. The molecular formula is C11H17N5O2S2. The molecule has 0 aliphatic carbocycles. The summed E-state index contributed by atoms with van der Waals surface area (Å²) in [5, 5.41) is 12.5. The molecule has 0 aliphatic rings. The minimum Gasteiger partial charge on any atom is -0.317 e. The summed E-state index contributed by atoms with van der Waals surface area (Å²) in [5.74, 6) is 0.600. The van der Waals surface area contributed by atoms with Gasteiger partial charge in [-0.15, -0.1) is 21.5 Å². The summed E-state index contributed by atoms with van der Waals surface area (Å²) in [6.45, 7) is 3.44. The predicted molar refractivity (Wildman–Crippen MR) is 76.8 cm³/mol. The molecule has 0 atom stereocenters. The number of hydrogen-bond donors (Lipinski definition) is 2. The Morgan fingerprint density at radius 2 is 2.20 bits per heavy atom. The van der Waals surface area contributed by atoms with Gasteiger partial charge in [0.2, 0.25) is 10.0 Å². The maximum Gasteiger partial charge on any atom is 0.250 e. The largest absolute Gasteiger partial charge is 0.317 e. The summed E-state index contributed by atoms with van der Waals surface area (Å²) in [6.07, 6.45) is 1.58. The smallest absolute Gasteiger partial charge is 0.250 e. The Kier molecular flexibility index (Phi) is 4.86. The van der Waals surface area contributed by atoms with E-state index in [1.54, 1.807) is 17.0 Å². The van der Waals surface area contributed by atoms with Crippen LogP contribution in [-0.4, -0.2) is 30.2 Å². The van der Waals surface area contributed by atoms with Gasteiger partial charge in [0.1, 0.15) is 16.4 Å². The van der Waals surface area contributed by atoms with Crippen LogP contribution in [0.25, 0.3) is 0 Å². The normalized spacial score (nSPS) is 11.9. The Bertz CT molecular complexity index is 662. The second-order valence-corrected chi connectivity index (χ2v) is 7.07. The van der Waals surface area contributed by atoms with Gasteiger partial charge in [0, 0.05) is 13.1 Å². The topological polar surface area (TPSA) is 88.9 Å². The number of hydrogen-bond acceptors (Lipinski definition) is 6. The van der Waals surface area contributed by atoms with E-state index in [4.69, 9.17) is 0 Å². The van der Waals surface area contributed by atoms with Crippen LogP contribution in [0, 0.1) is 0 Å². The van der Waals surface area contributed by atoms with Crippen LogP contribution in [0.1, 0.15) is 18.3 Å². The molecule has 20 heavy (non-hydrogen) atoms. The van der Waals surface area contributed by atoms with Crippen molar-refractivity contribution in [2.45, 2.75) is 30.8 Å². The van der Waals surface area contributed by atoms with Crippen molar-refractivity contribution < 1.29 is 8.42 Å². The molecule has 110 valence electrons. The maximum absolute atomic E-state index is 12.2. The zero-order chi connectivity index (χ0) is 14.6. The van der Waals surface area contributed by atoms with Gasteiger partial charge in [0.25, 0.3) is 0 Å². The summed E-state index contributed by atoms with van der Waals surface area (Å²) < 4.78 is 29.0. The molecule has 2 aromatic heterocycles. The zero-order valence-corrected chi connectivity index (χ0v) is 13.0. The number of nitrogens with one attached hydrogen (secondary N) is 2. The van der Waals surface area contributed by atoms with Crippen molar-refractivity contribution in [1.29, 1.82) is 0 Å². The first kappa shape index (κ1) is 15.1. The Balaban J connectivity index is 2.07. The minimum absolute atomic E-state index is 0.134. The van der Waals surface area contributed by atoms with Gasteiger partial charge in [-0.3, -0.25) is 0 Å². The monoisotopic (exact) mass is 315 g/mol. The Hall–Kier alpha value is -1.29. The Morgan fingerprint density at radius 1 is 1.40 bits per heavy atom. The fourth-order valence-corrected chi connectivity index (χ4v) is 3.94. The van der Waals surface area contributed by atoms with Crippen LogP contribution in [0.5, 0.6) is 0 Å². The van der Waals surface area contributed by atoms with Crippen molar-refractivity contribution in [3.8, 4) is 0 Å². The second kappa shape index (κ2) is 6.44. The molecule has 0 aromatic carbocycles. The van der Waals surface area contributed by atoms with Crippen LogP contribution in [-0.2, 0) is 29.7 Å². The number of aryl methyl sites for hydroxylation is 1. The van der Waals surface area contributed by atoms with Gasteiger partial charge in [-0.1, -0.05) is 0 Å². The number of sulfonamides is 1. The van der Waals surface area contributed by atoms with Crippen molar-refractivity contribution >= 4 is 21.4 Å². The molecule has 0 aliphatic heterocycles. The zero-order valence-electron chi connectivity index (χ0n) is 11.3. The average molecular weight is 315 g/mol. The van der Waals surface area contributed by atoms with Gasteiger partial charge in [-0.05, 0) is 31.0 Å². The molecule has 2 aromatic rings. The maximum atomic E-state index is 12.2. The van der Waals surface area contributed by atoms with E-state index in [0.29, 0.717) is 23.1 Å². The fourth-order valence-electron chi connectivity index (χ4n) is 1.70. The number of rotatable bonds is 7. The van der Waals surface area contributed by atoms with E-state index >= 15 is 0 Å². The summed E-state index contributed by atoms with van der Waals surface area (Å²) in [5.41, 5.74) is 0.953. The van der Waals surface area contributed by atoms with Crippen molar-refractivity contribution in [2.24, 2.45) is 0 Å². The molecule has 2 rings (SSSR count). The molecule has 9 heteroatoms. The van der Waals surface area contributed by atoms with Gasteiger partial charge in [-0.2, -0.15) is 0 Å². The van der Waals surface area contributed by atoms with Crippen molar-refractivity contribution in [3.63, 3.8) is 0 Å². The summed E-state index contributed by atoms with van der Waals surface area (Å²) in [7, 11) is -1.68. The van der Waals surface area contributed by atoms with E-state index in [-0.39, 0.29) is 6.54 Å². The third kappa shape index (κ3) is 3.42. The van der Waals surface area contributed by atoms with Crippen molar-refractivity contribution in [2.75, 3.05) is 7.05 Å². The molecule has 2 heterocycles. The molecule has 0 amide bonds. The van der Waals surface area contributed by atoms with Gasteiger partial charge in [0.15, 0.2) is 0 Å². The van der Waals surface area contributed by atoms with Gasteiger partial charge in [-0.25, -0.2) is 13.1 Å². The molecule has 0 radical (unpaired) electrons. The standard InChI is InChI=1S/C11H17N5O2S2/c1-3-16-8-13-15-10(16)6-14-20(17,18)11-4-9(5-12-2)7-19-11/h4,7-8,12,14H,3,5-6H2,1-2H3. The first-order chi connectivity index (χ1) is 9.56. The average Bonchev–Trinajstić information content (AvgIpc) is 3.05. The number of nitrogens with zero attached hydrogens (tertiary/aromatic N) is 3. The lowest BCUT2D eigenvalue weighted by Gasteiger charge is -2.05. The van der Waals surface area contributed by atoms with Crippen LogP contribution in [0.3, 0.4) is 0 Å². The first-order valence-electron chi connectivity index (χ1n) is 6.15. The van der Waals surface area contributed by atoms with Crippen LogP contribution in [0.4, 0.5) is 0 Å². The highest BCUT2D eigenvalue weighted by Gasteiger charge is 2.17. The van der Waals surface area contributed by atoms with Gasteiger partial charge in [0.05, 0.1) is 6.54 Å². The fraction of sp³-hybridized carbons (Fsp3) is 0.455. The molecule has 0 saturated carbocycles. The molecule has 0 unspecified atom stereocenters. The molecule has 0 saturated heterocycles. The Labute approximate surface area is 122 Å². The molecule has 0 fully saturated rings. The van der Waals surface area contributed by atoms with E-state index in [0.717, 1.165) is 5.56 Å². The predicted octanol–water partition coefficient (Wildman–Crippen LogP) is 0.557. The number of aromatic nitrogens is 3. The third-order valence-corrected chi connectivity index (χ3v) is 5.62. The van der Waals surface area contributed by atoms with Crippen LogP contribution in [0.15, 0.2) is 22.0 Å².